The molecular formula is C26H31N7O. The molecule has 0 spiro atoms. The van der Waals surface area contributed by atoms with Crippen molar-refractivity contribution < 1.29 is 0 Å². The predicted molar refractivity (Wildman–Crippen MR) is 134 cm³/mol. The molecule has 0 unspecified atom stereocenters. The van der Waals surface area contributed by atoms with Crippen LogP contribution in [0.4, 0.5) is 11.6 Å². The molecule has 2 aliphatic rings. The Labute approximate surface area is 199 Å². The lowest BCUT2D eigenvalue weighted by Crippen LogP contribution is -2.45. The molecule has 3 aromatic rings. The molecule has 34 heavy (non-hydrogen) atoms. The molecule has 8 nitrogen and oxygen atoms in total. The molecule has 1 aliphatic carbocycles. The van der Waals surface area contributed by atoms with Crippen LogP contribution in [0.3, 0.4) is 0 Å². The highest BCUT2D eigenvalue weighted by Crippen LogP contribution is 2.42. The van der Waals surface area contributed by atoms with Gasteiger partial charge in [-0.05, 0) is 57.9 Å². The largest absolute Gasteiger partial charge is 0.361 e. The molecule has 1 N–H and O–H groups in total. The highest BCUT2D eigenvalue weighted by atomic mass is 16.1. The van der Waals surface area contributed by atoms with E-state index in [4.69, 9.17) is 0 Å². The maximum atomic E-state index is 13.1. The molecule has 5 rings (SSSR count). The second-order valence-corrected chi connectivity index (χ2v) is 9.97. The van der Waals surface area contributed by atoms with Crippen LogP contribution in [-0.2, 0) is 5.54 Å². The lowest BCUT2D eigenvalue weighted by Gasteiger charge is -2.33. The van der Waals surface area contributed by atoms with Gasteiger partial charge in [-0.15, -0.1) is 10.2 Å². The van der Waals surface area contributed by atoms with Crippen molar-refractivity contribution >= 4 is 22.4 Å². The van der Waals surface area contributed by atoms with Crippen molar-refractivity contribution in [1.29, 1.82) is 5.26 Å². The number of rotatable bonds is 5. The van der Waals surface area contributed by atoms with Gasteiger partial charge in [0, 0.05) is 54.8 Å². The van der Waals surface area contributed by atoms with Crippen molar-refractivity contribution in [3.8, 4) is 6.07 Å². The van der Waals surface area contributed by atoms with E-state index in [1.54, 1.807) is 6.07 Å². The Bertz CT molecular complexity index is 1340. The molecule has 1 saturated heterocycles. The van der Waals surface area contributed by atoms with Crippen LogP contribution in [-0.4, -0.2) is 52.9 Å². The smallest absolute Gasteiger partial charge is 0.251 e. The first kappa shape index (κ1) is 22.4. The summed E-state index contributed by atoms with van der Waals surface area (Å²) in [5.41, 5.74) is 2.55. The van der Waals surface area contributed by atoms with Crippen molar-refractivity contribution in [1.82, 2.24) is 19.7 Å². The molecule has 0 radical (unpaired) electrons. The molecule has 1 saturated carbocycles. The van der Waals surface area contributed by atoms with Gasteiger partial charge in [-0.2, -0.15) is 5.26 Å². The fourth-order valence-corrected chi connectivity index (χ4v) is 4.84. The normalized spacial score (nSPS) is 18.5. The van der Waals surface area contributed by atoms with Gasteiger partial charge in [-0.3, -0.25) is 4.79 Å². The van der Waals surface area contributed by atoms with Crippen LogP contribution in [0.25, 0.3) is 10.8 Å². The summed E-state index contributed by atoms with van der Waals surface area (Å²) < 4.78 is 1.86. The van der Waals surface area contributed by atoms with Gasteiger partial charge in [0.25, 0.3) is 5.56 Å². The Hall–Kier alpha value is -3.44. The first-order valence-corrected chi connectivity index (χ1v) is 11.9. The van der Waals surface area contributed by atoms with Crippen LogP contribution in [0.1, 0.15) is 49.4 Å². The zero-order chi connectivity index (χ0) is 24.0. The molecule has 8 heteroatoms. The average Bonchev–Trinajstić information content (AvgIpc) is 3.57. The number of nitrogens with one attached hydrogen (secondary N) is 1. The number of pyridine rings is 1. The second kappa shape index (κ2) is 8.41. The van der Waals surface area contributed by atoms with Crippen molar-refractivity contribution in [2.75, 3.05) is 43.4 Å². The SMILES string of the molecule is Cc1c(C#N)cccc1[C@@H](C)Nc1nnc(N2CCN(C)CC2)c2cc(=O)n(C3(C)CC3)cc12. The van der Waals surface area contributed by atoms with E-state index in [0.717, 1.165) is 66.7 Å². The molecule has 3 heterocycles. The fourth-order valence-electron chi connectivity index (χ4n) is 4.84. The third kappa shape index (κ3) is 3.90. The predicted octanol–water partition coefficient (Wildman–Crippen LogP) is 3.41. The zero-order valence-corrected chi connectivity index (χ0v) is 20.3. The Morgan fingerprint density at radius 3 is 2.56 bits per heavy atom. The van der Waals surface area contributed by atoms with E-state index in [1.165, 1.54) is 0 Å². The molecular weight excluding hydrogens is 426 g/mol. The maximum Gasteiger partial charge on any atom is 0.251 e. The highest BCUT2D eigenvalue weighted by molar-refractivity contribution is 5.98. The summed E-state index contributed by atoms with van der Waals surface area (Å²) in [5.74, 6) is 1.43. The molecule has 1 aromatic carbocycles. The minimum Gasteiger partial charge on any atom is -0.361 e. The van der Waals surface area contributed by atoms with Crippen molar-refractivity contribution in [3.05, 3.63) is 57.5 Å². The first-order chi connectivity index (χ1) is 16.3. The van der Waals surface area contributed by atoms with Crippen LogP contribution in [0, 0.1) is 18.3 Å². The van der Waals surface area contributed by atoms with Crippen molar-refractivity contribution in [2.45, 2.75) is 45.2 Å². The molecule has 1 atom stereocenters. The van der Waals surface area contributed by atoms with Crippen molar-refractivity contribution in [3.63, 3.8) is 0 Å². The van der Waals surface area contributed by atoms with Gasteiger partial charge >= 0.3 is 0 Å². The number of anilines is 2. The van der Waals surface area contributed by atoms with E-state index in [1.807, 2.05) is 35.9 Å². The van der Waals surface area contributed by atoms with Crippen LogP contribution in [0.2, 0.25) is 0 Å². The number of hydrogen-bond acceptors (Lipinski definition) is 7. The molecule has 176 valence electrons. The Morgan fingerprint density at radius 2 is 1.88 bits per heavy atom. The summed E-state index contributed by atoms with van der Waals surface area (Å²) in [7, 11) is 2.12. The number of nitrogens with zero attached hydrogens (tertiary/aromatic N) is 6. The summed E-state index contributed by atoms with van der Waals surface area (Å²) in [4.78, 5) is 17.6. The number of piperazine rings is 1. The lowest BCUT2D eigenvalue weighted by atomic mass is 9.98. The van der Waals surface area contributed by atoms with Crippen LogP contribution < -0.4 is 15.8 Å². The van der Waals surface area contributed by atoms with Gasteiger partial charge in [0.1, 0.15) is 0 Å². The number of benzene rings is 1. The zero-order valence-electron chi connectivity index (χ0n) is 20.3. The van der Waals surface area contributed by atoms with Gasteiger partial charge in [-0.1, -0.05) is 12.1 Å². The van der Waals surface area contributed by atoms with Crippen LogP contribution >= 0.6 is 0 Å². The summed E-state index contributed by atoms with van der Waals surface area (Å²) in [6, 6.07) is 9.69. The van der Waals surface area contributed by atoms with E-state index in [2.05, 4.69) is 52.3 Å². The van der Waals surface area contributed by atoms with Gasteiger partial charge in [0.15, 0.2) is 11.6 Å². The van der Waals surface area contributed by atoms with Crippen LogP contribution in [0.5, 0.6) is 0 Å². The van der Waals surface area contributed by atoms with Crippen molar-refractivity contribution in [2.24, 2.45) is 0 Å². The molecule has 0 bridgehead atoms. The number of nitriles is 1. The summed E-state index contributed by atoms with van der Waals surface area (Å²) in [6.45, 7) is 9.76. The van der Waals surface area contributed by atoms with Gasteiger partial charge < -0.3 is 19.7 Å². The Morgan fingerprint density at radius 1 is 1.15 bits per heavy atom. The Balaban J connectivity index is 1.60. The number of hydrogen-bond donors (Lipinski definition) is 1. The molecule has 1 aliphatic heterocycles. The van der Waals surface area contributed by atoms with Crippen LogP contribution in [0.15, 0.2) is 35.3 Å². The monoisotopic (exact) mass is 457 g/mol. The highest BCUT2D eigenvalue weighted by Gasteiger charge is 2.40. The maximum absolute atomic E-state index is 13.1. The first-order valence-electron chi connectivity index (χ1n) is 11.9. The summed E-state index contributed by atoms with van der Waals surface area (Å²) in [6.07, 6.45) is 3.97. The third-order valence-electron chi connectivity index (χ3n) is 7.47. The summed E-state index contributed by atoms with van der Waals surface area (Å²) in [5, 5.41) is 23.9. The Kier molecular flexibility index (Phi) is 5.53. The van der Waals surface area contributed by atoms with E-state index in [0.29, 0.717) is 11.4 Å². The van der Waals surface area contributed by atoms with E-state index in [9.17, 15) is 10.1 Å². The summed E-state index contributed by atoms with van der Waals surface area (Å²) >= 11 is 0. The number of likely N-dealkylation sites (N-methyl/N-ethyl adjacent to an activating group) is 1. The fraction of sp³-hybridized carbons (Fsp3) is 0.462. The minimum absolute atomic E-state index is 0.00689. The molecule has 2 aromatic heterocycles. The quantitative estimate of drug-likeness (QED) is 0.628. The molecule has 0 amide bonds. The minimum atomic E-state index is -0.122. The number of fused-ring (bicyclic) bond motifs is 1. The van der Waals surface area contributed by atoms with Gasteiger partial charge in [0.2, 0.25) is 0 Å². The topological polar surface area (TPSA) is 90.1 Å². The second-order valence-electron chi connectivity index (χ2n) is 9.97. The number of aromatic nitrogens is 3. The lowest BCUT2D eigenvalue weighted by molar-refractivity contribution is 0.312. The standard InChI is InChI=1S/C26H31N7O/c1-17-19(15-27)6-5-7-20(17)18(2)28-24-22-16-33(26(3)8-9-26)23(34)14-21(22)25(30-29-24)32-12-10-31(4)11-13-32/h5-7,14,16,18H,8-13H2,1-4H3,(H,28,29)/t18-/m1/s1. The average molecular weight is 458 g/mol. The van der Waals surface area contributed by atoms with Gasteiger partial charge in [0.05, 0.1) is 17.7 Å². The van der Waals surface area contributed by atoms with E-state index in [-0.39, 0.29) is 17.1 Å². The third-order valence-corrected chi connectivity index (χ3v) is 7.47. The van der Waals surface area contributed by atoms with E-state index >= 15 is 0 Å². The van der Waals surface area contributed by atoms with Gasteiger partial charge in [-0.25, -0.2) is 0 Å². The van der Waals surface area contributed by atoms with E-state index < -0.39 is 0 Å². The molecule has 2 fully saturated rings.